The summed E-state index contributed by atoms with van der Waals surface area (Å²) in [6.07, 6.45) is 6.28. The molecule has 1 aliphatic rings. The lowest BCUT2D eigenvalue weighted by atomic mass is 9.97. The van der Waals surface area contributed by atoms with Crippen LogP contribution in [0.1, 0.15) is 19.3 Å². The summed E-state index contributed by atoms with van der Waals surface area (Å²) in [5.74, 6) is -0.115. The van der Waals surface area contributed by atoms with Crippen LogP contribution in [0.2, 0.25) is 0 Å². The quantitative estimate of drug-likeness (QED) is 0.511. The van der Waals surface area contributed by atoms with Gasteiger partial charge in [-0.15, -0.1) is 0 Å². The van der Waals surface area contributed by atoms with E-state index in [2.05, 4.69) is 5.32 Å². The lowest BCUT2D eigenvalue weighted by molar-refractivity contribution is -0.131. The first-order valence-electron chi connectivity index (χ1n) is 5.47. The van der Waals surface area contributed by atoms with E-state index in [-0.39, 0.29) is 0 Å². The summed E-state index contributed by atoms with van der Waals surface area (Å²) >= 11 is 0. The van der Waals surface area contributed by atoms with Crippen LogP contribution in [-0.4, -0.2) is 37.4 Å². The van der Waals surface area contributed by atoms with Gasteiger partial charge in [-0.3, -0.25) is 0 Å². The van der Waals surface area contributed by atoms with E-state index in [1.807, 2.05) is 0 Å². The van der Waals surface area contributed by atoms with Gasteiger partial charge in [-0.25, -0.2) is 4.79 Å². The highest BCUT2D eigenvalue weighted by Gasteiger charge is 2.12. The van der Waals surface area contributed by atoms with Gasteiger partial charge in [-0.2, -0.15) is 0 Å². The average molecular weight is 213 g/mol. The zero-order valence-electron chi connectivity index (χ0n) is 8.95. The van der Waals surface area contributed by atoms with Gasteiger partial charge in [-0.1, -0.05) is 6.08 Å². The van der Waals surface area contributed by atoms with Gasteiger partial charge in [0.15, 0.2) is 0 Å². The minimum Gasteiger partial charge on any atom is -0.478 e. The number of hydrogen-bond acceptors (Lipinski definition) is 3. The Balaban J connectivity index is 1.94. The first-order chi connectivity index (χ1) is 7.29. The van der Waals surface area contributed by atoms with Gasteiger partial charge in [0.1, 0.15) is 0 Å². The summed E-state index contributed by atoms with van der Waals surface area (Å²) < 4.78 is 5.27. The predicted octanol–water partition coefficient (Wildman–Crippen LogP) is 1.03. The number of hydrogen-bond donors (Lipinski definition) is 2. The third-order valence-electron chi connectivity index (χ3n) is 2.59. The second-order valence-electron chi connectivity index (χ2n) is 3.79. The molecule has 0 spiro atoms. The topological polar surface area (TPSA) is 58.6 Å². The molecule has 86 valence electrons. The molecule has 0 bridgehead atoms. The van der Waals surface area contributed by atoms with Crippen LogP contribution < -0.4 is 5.32 Å². The van der Waals surface area contributed by atoms with Gasteiger partial charge in [-0.05, 0) is 31.7 Å². The van der Waals surface area contributed by atoms with Crippen molar-refractivity contribution in [2.45, 2.75) is 19.3 Å². The van der Waals surface area contributed by atoms with Gasteiger partial charge in [0.25, 0.3) is 0 Å². The molecule has 1 fully saturated rings. The van der Waals surface area contributed by atoms with Crippen molar-refractivity contribution < 1.29 is 14.6 Å². The van der Waals surface area contributed by atoms with Crippen LogP contribution in [0.4, 0.5) is 0 Å². The van der Waals surface area contributed by atoms with E-state index in [4.69, 9.17) is 9.84 Å². The molecule has 1 heterocycles. The highest BCUT2D eigenvalue weighted by molar-refractivity contribution is 5.79. The maximum atomic E-state index is 10.2. The minimum atomic E-state index is -0.888. The van der Waals surface area contributed by atoms with Crippen molar-refractivity contribution >= 4 is 5.97 Å². The van der Waals surface area contributed by atoms with Crippen LogP contribution in [0.5, 0.6) is 0 Å². The van der Waals surface area contributed by atoms with E-state index >= 15 is 0 Å². The zero-order chi connectivity index (χ0) is 10.9. The fraction of sp³-hybridized carbons (Fsp3) is 0.727. The fourth-order valence-corrected chi connectivity index (χ4v) is 1.69. The van der Waals surface area contributed by atoms with Crippen LogP contribution in [0.15, 0.2) is 12.2 Å². The number of aliphatic carboxylic acids is 1. The molecule has 1 aliphatic heterocycles. The minimum absolute atomic E-state index is 0.634. The predicted molar refractivity (Wildman–Crippen MR) is 57.8 cm³/mol. The van der Waals surface area contributed by atoms with E-state index < -0.39 is 5.97 Å². The SMILES string of the molecule is O=C(O)/C=C/CNCCC1CCOCC1. The lowest BCUT2D eigenvalue weighted by Gasteiger charge is -2.21. The number of rotatable bonds is 6. The number of carboxylic acid groups (broad SMARTS) is 1. The monoisotopic (exact) mass is 213 g/mol. The molecule has 0 amide bonds. The van der Waals surface area contributed by atoms with Crippen molar-refractivity contribution in [2.24, 2.45) is 5.92 Å². The lowest BCUT2D eigenvalue weighted by Crippen LogP contribution is -2.22. The van der Waals surface area contributed by atoms with Crippen molar-refractivity contribution in [1.29, 1.82) is 0 Å². The summed E-state index contributed by atoms with van der Waals surface area (Å²) in [4.78, 5) is 10.2. The second kappa shape index (κ2) is 7.43. The Morgan fingerprint density at radius 2 is 2.20 bits per heavy atom. The van der Waals surface area contributed by atoms with Gasteiger partial charge in [0, 0.05) is 25.8 Å². The number of carbonyl (C=O) groups is 1. The molecule has 0 unspecified atom stereocenters. The van der Waals surface area contributed by atoms with Crippen LogP contribution >= 0.6 is 0 Å². The Morgan fingerprint density at radius 1 is 1.47 bits per heavy atom. The second-order valence-corrected chi connectivity index (χ2v) is 3.79. The molecule has 4 nitrogen and oxygen atoms in total. The number of carboxylic acids is 1. The molecule has 0 aromatic rings. The molecule has 0 atom stereocenters. The van der Waals surface area contributed by atoms with Gasteiger partial charge < -0.3 is 15.2 Å². The van der Waals surface area contributed by atoms with Crippen molar-refractivity contribution in [3.8, 4) is 0 Å². The fourth-order valence-electron chi connectivity index (χ4n) is 1.69. The Hall–Kier alpha value is -0.870. The van der Waals surface area contributed by atoms with E-state index in [9.17, 15) is 4.79 Å². The molecule has 1 saturated heterocycles. The van der Waals surface area contributed by atoms with Crippen LogP contribution in [-0.2, 0) is 9.53 Å². The molecule has 0 aliphatic carbocycles. The molecule has 0 aromatic heterocycles. The largest absolute Gasteiger partial charge is 0.478 e. The molecule has 4 heteroatoms. The summed E-state index contributed by atoms with van der Waals surface area (Å²) in [5.41, 5.74) is 0. The molecule has 2 N–H and O–H groups in total. The maximum Gasteiger partial charge on any atom is 0.328 e. The third kappa shape index (κ3) is 6.25. The van der Waals surface area contributed by atoms with Crippen molar-refractivity contribution in [3.05, 3.63) is 12.2 Å². The molecule has 1 rings (SSSR count). The summed E-state index contributed by atoms with van der Waals surface area (Å²) in [6.45, 7) is 3.37. The zero-order valence-corrected chi connectivity index (χ0v) is 8.95. The molecular formula is C11H19NO3. The van der Waals surface area contributed by atoms with E-state index in [0.717, 1.165) is 44.9 Å². The van der Waals surface area contributed by atoms with E-state index in [1.54, 1.807) is 6.08 Å². The normalized spacial score (nSPS) is 18.4. The molecule has 0 aromatic carbocycles. The highest BCUT2D eigenvalue weighted by atomic mass is 16.5. The van der Waals surface area contributed by atoms with Gasteiger partial charge in [0.05, 0.1) is 0 Å². The van der Waals surface area contributed by atoms with Gasteiger partial charge in [0.2, 0.25) is 0 Å². The standard InChI is InChI=1S/C11H19NO3/c13-11(14)2-1-6-12-7-3-10-4-8-15-9-5-10/h1-2,10,12H,3-9H2,(H,13,14)/b2-1+. The smallest absolute Gasteiger partial charge is 0.328 e. The van der Waals surface area contributed by atoms with Crippen molar-refractivity contribution in [1.82, 2.24) is 5.32 Å². The summed E-state index contributed by atoms with van der Waals surface area (Å²) in [6, 6.07) is 0. The average Bonchev–Trinajstić information content (AvgIpc) is 2.24. The first kappa shape index (κ1) is 12.2. The molecule has 0 saturated carbocycles. The van der Waals surface area contributed by atoms with Gasteiger partial charge >= 0.3 is 5.97 Å². The summed E-state index contributed by atoms with van der Waals surface area (Å²) in [7, 11) is 0. The van der Waals surface area contributed by atoms with Crippen molar-refractivity contribution in [3.63, 3.8) is 0 Å². The Bertz CT molecular complexity index is 210. The van der Waals surface area contributed by atoms with Crippen LogP contribution in [0, 0.1) is 5.92 Å². The Labute approximate surface area is 90.3 Å². The van der Waals surface area contributed by atoms with Crippen LogP contribution in [0.25, 0.3) is 0 Å². The number of ether oxygens (including phenoxy) is 1. The van der Waals surface area contributed by atoms with E-state index in [0.29, 0.717) is 6.54 Å². The van der Waals surface area contributed by atoms with Crippen LogP contribution in [0.3, 0.4) is 0 Å². The molecule has 0 radical (unpaired) electrons. The maximum absolute atomic E-state index is 10.2. The van der Waals surface area contributed by atoms with E-state index in [1.165, 1.54) is 6.08 Å². The highest BCUT2D eigenvalue weighted by Crippen LogP contribution is 2.17. The first-order valence-corrected chi connectivity index (χ1v) is 5.47. The summed E-state index contributed by atoms with van der Waals surface area (Å²) in [5, 5.41) is 11.5. The van der Waals surface area contributed by atoms with Crippen molar-refractivity contribution in [2.75, 3.05) is 26.3 Å². The molecular weight excluding hydrogens is 194 g/mol. The third-order valence-corrected chi connectivity index (χ3v) is 2.59. The molecule has 15 heavy (non-hydrogen) atoms. The Kier molecular flexibility index (Phi) is 6.04. The number of nitrogens with one attached hydrogen (secondary N) is 1. The Morgan fingerprint density at radius 3 is 2.87 bits per heavy atom.